The standard InChI is InChI=1S/C12H10N4/c1-9-13-6-7-16(9)12-8-14-10-4-2-3-5-11(10)15-12/h2-8H,1H3. The minimum atomic E-state index is 0.800. The van der Waals surface area contributed by atoms with Gasteiger partial charge in [0.15, 0.2) is 5.82 Å². The Morgan fingerprint density at radius 1 is 1.06 bits per heavy atom. The molecule has 0 spiro atoms. The van der Waals surface area contributed by atoms with Gasteiger partial charge in [-0.25, -0.2) is 9.97 Å². The summed E-state index contributed by atoms with van der Waals surface area (Å²) in [7, 11) is 0. The van der Waals surface area contributed by atoms with Gasteiger partial charge in [0.2, 0.25) is 0 Å². The lowest BCUT2D eigenvalue weighted by molar-refractivity contribution is 0.931. The fraction of sp³-hybridized carbons (Fsp3) is 0.0833. The van der Waals surface area contributed by atoms with E-state index in [4.69, 9.17) is 0 Å². The Labute approximate surface area is 92.6 Å². The molecule has 0 radical (unpaired) electrons. The van der Waals surface area contributed by atoms with Gasteiger partial charge >= 0.3 is 0 Å². The number of aryl methyl sites for hydroxylation is 1. The molecule has 4 heteroatoms. The van der Waals surface area contributed by atoms with Crippen LogP contribution in [0.1, 0.15) is 5.82 Å². The van der Waals surface area contributed by atoms with E-state index in [0.29, 0.717) is 0 Å². The van der Waals surface area contributed by atoms with Crippen molar-refractivity contribution < 1.29 is 0 Å². The molecular weight excluding hydrogens is 200 g/mol. The summed E-state index contributed by atoms with van der Waals surface area (Å²) in [6.45, 7) is 1.94. The van der Waals surface area contributed by atoms with Crippen LogP contribution in [0.4, 0.5) is 0 Å². The van der Waals surface area contributed by atoms with Crippen molar-refractivity contribution in [3.63, 3.8) is 0 Å². The van der Waals surface area contributed by atoms with Crippen LogP contribution in [0.25, 0.3) is 16.9 Å². The van der Waals surface area contributed by atoms with Crippen molar-refractivity contribution in [3.05, 3.63) is 48.7 Å². The van der Waals surface area contributed by atoms with Crippen LogP contribution in [0, 0.1) is 6.92 Å². The number of aromatic nitrogens is 4. The number of para-hydroxylation sites is 2. The predicted octanol–water partition coefficient (Wildman–Crippen LogP) is 2.12. The van der Waals surface area contributed by atoms with E-state index < -0.39 is 0 Å². The molecule has 0 amide bonds. The van der Waals surface area contributed by atoms with Gasteiger partial charge in [-0.3, -0.25) is 9.55 Å². The Balaban J connectivity index is 2.23. The van der Waals surface area contributed by atoms with Crippen LogP contribution in [-0.4, -0.2) is 19.5 Å². The van der Waals surface area contributed by atoms with Crippen molar-refractivity contribution in [2.24, 2.45) is 0 Å². The van der Waals surface area contributed by atoms with Gasteiger partial charge in [0.1, 0.15) is 5.82 Å². The zero-order valence-corrected chi connectivity index (χ0v) is 8.83. The quantitative estimate of drug-likeness (QED) is 0.618. The molecule has 0 aliphatic rings. The largest absolute Gasteiger partial charge is 0.287 e. The molecule has 2 heterocycles. The number of benzene rings is 1. The highest BCUT2D eigenvalue weighted by atomic mass is 15.1. The third kappa shape index (κ3) is 1.35. The molecular formula is C12H10N4. The van der Waals surface area contributed by atoms with Crippen molar-refractivity contribution in [2.75, 3.05) is 0 Å². The monoisotopic (exact) mass is 210 g/mol. The van der Waals surface area contributed by atoms with Crippen molar-refractivity contribution in [1.29, 1.82) is 0 Å². The first kappa shape index (κ1) is 9.03. The fourth-order valence-electron chi connectivity index (χ4n) is 1.68. The summed E-state index contributed by atoms with van der Waals surface area (Å²) in [4.78, 5) is 13.1. The Morgan fingerprint density at radius 2 is 1.88 bits per heavy atom. The number of nitrogens with zero attached hydrogens (tertiary/aromatic N) is 4. The molecule has 1 aromatic carbocycles. The van der Waals surface area contributed by atoms with E-state index >= 15 is 0 Å². The molecule has 3 rings (SSSR count). The molecule has 16 heavy (non-hydrogen) atoms. The molecule has 0 bridgehead atoms. The number of hydrogen-bond acceptors (Lipinski definition) is 3. The molecule has 0 fully saturated rings. The van der Waals surface area contributed by atoms with Gasteiger partial charge < -0.3 is 0 Å². The smallest absolute Gasteiger partial charge is 0.157 e. The van der Waals surface area contributed by atoms with Crippen molar-refractivity contribution in [2.45, 2.75) is 6.92 Å². The van der Waals surface area contributed by atoms with Crippen molar-refractivity contribution >= 4 is 11.0 Å². The highest BCUT2D eigenvalue weighted by molar-refractivity contribution is 5.74. The predicted molar refractivity (Wildman–Crippen MR) is 61.4 cm³/mol. The van der Waals surface area contributed by atoms with E-state index in [0.717, 1.165) is 22.7 Å². The Morgan fingerprint density at radius 3 is 2.62 bits per heavy atom. The lowest BCUT2D eigenvalue weighted by Crippen LogP contribution is -1.99. The third-order valence-electron chi connectivity index (χ3n) is 2.51. The van der Waals surface area contributed by atoms with Gasteiger partial charge in [-0.05, 0) is 19.1 Å². The van der Waals surface area contributed by atoms with Gasteiger partial charge in [-0.15, -0.1) is 0 Å². The van der Waals surface area contributed by atoms with Gasteiger partial charge in [0, 0.05) is 12.4 Å². The third-order valence-corrected chi connectivity index (χ3v) is 2.51. The summed E-state index contributed by atoms with van der Waals surface area (Å²) in [5.74, 6) is 1.71. The lowest BCUT2D eigenvalue weighted by Gasteiger charge is -2.04. The number of hydrogen-bond donors (Lipinski definition) is 0. The van der Waals surface area contributed by atoms with Gasteiger partial charge in [-0.1, -0.05) is 12.1 Å². The van der Waals surface area contributed by atoms with Crippen LogP contribution >= 0.6 is 0 Å². The topological polar surface area (TPSA) is 43.6 Å². The van der Waals surface area contributed by atoms with Crippen LogP contribution in [0.3, 0.4) is 0 Å². The zero-order valence-electron chi connectivity index (χ0n) is 8.83. The maximum absolute atomic E-state index is 4.54. The summed E-state index contributed by atoms with van der Waals surface area (Å²) in [5.41, 5.74) is 1.80. The maximum atomic E-state index is 4.54. The molecule has 0 saturated carbocycles. The molecule has 0 N–H and O–H groups in total. The van der Waals surface area contributed by atoms with Gasteiger partial charge in [-0.2, -0.15) is 0 Å². The van der Waals surface area contributed by atoms with Crippen molar-refractivity contribution in [1.82, 2.24) is 19.5 Å². The van der Waals surface area contributed by atoms with Crippen LogP contribution in [0.2, 0.25) is 0 Å². The van der Waals surface area contributed by atoms with E-state index in [1.165, 1.54) is 0 Å². The fourth-order valence-corrected chi connectivity index (χ4v) is 1.68. The Kier molecular flexibility index (Phi) is 1.93. The van der Waals surface area contributed by atoms with Crippen LogP contribution in [0.15, 0.2) is 42.9 Å². The summed E-state index contributed by atoms with van der Waals surface area (Å²) in [6, 6.07) is 7.83. The molecule has 78 valence electrons. The molecule has 0 unspecified atom stereocenters. The normalized spacial score (nSPS) is 10.8. The van der Waals surface area contributed by atoms with Crippen LogP contribution < -0.4 is 0 Å². The highest BCUT2D eigenvalue weighted by Gasteiger charge is 2.03. The lowest BCUT2D eigenvalue weighted by atomic mass is 10.3. The first-order valence-corrected chi connectivity index (χ1v) is 5.07. The highest BCUT2D eigenvalue weighted by Crippen LogP contribution is 2.12. The summed E-state index contributed by atoms with van der Waals surface area (Å²) >= 11 is 0. The van der Waals surface area contributed by atoms with Gasteiger partial charge in [0.25, 0.3) is 0 Å². The Bertz CT molecular complexity index is 642. The first-order valence-electron chi connectivity index (χ1n) is 5.07. The molecule has 0 aliphatic heterocycles. The van der Waals surface area contributed by atoms with E-state index in [1.54, 1.807) is 12.4 Å². The zero-order chi connectivity index (χ0) is 11.0. The Hall–Kier alpha value is -2.23. The van der Waals surface area contributed by atoms with E-state index in [-0.39, 0.29) is 0 Å². The number of fused-ring (bicyclic) bond motifs is 1. The summed E-state index contributed by atoms with van der Waals surface area (Å²) in [6.07, 6.45) is 5.40. The SMILES string of the molecule is Cc1nccn1-c1cnc2ccccc2n1. The van der Waals surface area contributed by atoms with E-state index in [9.17, 15) is 0 Å². The number of rotatable bonds is 1. The molecule has 2 aromatic heterocycles. The van der Waals surface area contributed by atoms with Crippen LogP contribution in [-0.2, 0) is 0 Å². The minimum absolute atomic E-state index is 0.800. The average molecular weight is 210 g/mol. The molecule has 0 atom stereocenters. The number of imidazole rings is 1. The van der Waals surface area contributed by atoms with E-state index in [2.05, 4.69) is 15.0 Å². The minimum Gasteiger partial charge on any atom is -0.287 e. The maximum Gasteiger partial charge on any atom is 0.157 e. The first-order chi connectivity index (χ1) is 7.84. The van der Waals surface area contributed by atoms with E-state index in [1.807, 2.05) is 42.0 Å². The molecule has 0 saturated heterocycles. The second-order valence-electron chi connectivity index (χ2n) is 3.56. The summed E-state index contributed by atoms with van der Waals surface area (Å²) in [5, 5.41) is 0. The van der Waals surface area contributed by atoms with Gasteiger partial charge in [0.05, 0.1) is 17.2 Å². The second-order valence-corrected chi connectivity index (χ2v) is 3.56. The summed E-state index contributed by atoms with van der Waals surface area (Å²) < 4.78 is 1.92. The second kappa shape index (κ2) is 3.41. The molecule has 4 nitrogen and oxygen atoms in total. The van der Waals surface area contributed by atoms with Crippen LogP contribution in [0.5, 0.6) is 0 Å². The molecule has 0 aliphatic carbocycles. The average Bonchev–Trinajstić information content (AvgIpc) is 2.75. The van der Waals surface area contributed by atoms with Crippen molar-refractivity contribution in [3.8, 4) is 5.82 Å². The molecule has 3 aromatic rings.